The first kappa shape index (κ1) is 14.2. The van der Waals surface area contributed by atoms with Gasteiger partial charge in [0.1, 0.15) is 5.82 Å². The van der Waals surface area contributed by atoms with Gasteiger partial charge in [0.25, 0.3) is 0 Å². The van der Waals surface area contributed by atoms with Crippen LogP contribution < -0.4 is 0 Å². The van der Waals surface area contributed by atoms with Crippen LogP contribution in [0.2, 0.25) is 0 Å². The van der Waals surface area contributed by atoms with Crippen molar-refractivity contribution in [3.63, 3.8) is 0 Å². The highest BCUT2D eigenvalue weighted by molar-refractivity contribution is 6.32. The van der Waals surface area contributed by atoms with Gasteiger partial charge in [0.2, 0.25) is 0 Å². The summed E-state index contributed by atoms with van der Waals surface area (Å²) < 4.78 is 18.2. The predicted molar refractivity (Wildman–Crippen MR) is 64.2 cm³/mol. The Labute approximate surface area is 105 Å². The Balaban J connectivity index is 2.84. The van der Waals surface area contributed by atoms with Crippen molar-refractivity contribution in [2.45, 2.75) is 19.9 Å². The molecule has 0 saturated heterocycles. The average Bonchev–Trinajstić information content (AvgIpc) is 2.37. The SMILES string of the molecule is CCOC(=O)C(=O)N(C)C(C)c1ccccc1F. The molecule has 4 nitrogen and oxygen atoms in total. The highest BCUT2D eigenvalue weighted by Crippen LogP contribution is 2.21. The predicted octanol–water partition coefficient (Wildman–Crippen LogP) is 1.91. The lowest BCUT2D eigenvalue weighted by molar-refractivity contribution is -0.160. The highest BCUT2D eigenvalue weighted by atomic mass is 19.1. The molecule has 1 aromatic carbocycles. The molecule has 0 bridgehead atoms. The fourth-order valence-electron chi connectivity index (χ4n) is 1.54. The van der Waals surface area contributed by atoms with E-state index < -0.39 is 23.7 Å². The lowest BCUT2D eigenvalue weighted by atomic mass is 10.1. The molecule has 18 heavy (non-hydrogen) atoms. The molecule has 0 spiro atoms. The Hall–Kier alpha value is -1.91. The maximum Gasteiger partial charge on any atom is 0.397 e. The van der Waals surface area contributed by atoms with E-state index in [1.807, 2.05) is 0 Å². The largest absolute Gasteiger partial charge is 0.459 e. The summed E-state index contributed by atoms with van der Waals surface area (Å²) >= 11 is 0. The van der Waals surface area contributed by atoms with Gasteiger partial charge in [-0.3, -0.25) is 4.79 Å². The second-order valence-corrected chi connectivity index (χ2v) is 3.83. The zero-order valence-electron chi connectivity index (χ0n) is 10.6. The number of esters is 1. The van der Waals surface area contributed by atoms with Crippen molar-refractivity contribution in [2.75, 3.05) is 13.7 Å². The molecule has 0 heterocycles. The van der Waals surface area contributed by atoms with Crippen molar-refractivity contribution in [1.82, 2.24) is 4.90 Å². The van der Waals surface area contributed by atoms with Crippen LogP contribution in [0.15, 0.2) is 24.3 Å². The highest BCUT2D eigenvalue weighted by Gasteiger charge is 2.25. The molecule has 98 valence electrons. The van der Waals surface area contributed by atoms with E-state index in [1.54, 1.807) is 32.0 Å². The lowest BCUT2D eigenvalue weighted by Crippen LogP contribution is -2.36. The third-order valence-corrected chi connectivity index (χ3v) is 2.71. The van der Waals surface area contributed by atoms with Crippen molar-refractivity contribution in [2.24, 2.45) is 0 Å². The molecule has 0 saturated carbocycles. The zero-order valence-corrected chi connectivity index (χ0v) is 10.6. The molecule has 0 aliphatic carbocycles. The van der Waals surface area contributed by atoms with Crippen LogP contribution in [-0.2, 0) is 14.3 Å². The quantitative estimate of drug-likeness (QED) is 0.610. The number of halogens is 1. The number of ether oxygens (including phenoxy) is 1. The van der Waals surface area contributed by atoms with Gasteiger partial charge >= 0.3 is 11.9 Å². The summed E-state index contributed by atoms with van der Waals surface area (Å²) in [6.07, 6.45) is 0. The first-order valence-electron chi connectivity index (χ1n) is 5.67. The van der Waals surface area contributed by atoms with Crippen molar-refractivity contribution >= 4 is 11.9 Å². The van der Waals surface area contributed by atoms with Gasteiger partial charge in [-0.15, -0.1) is 0 Å². The van der Waals surface area contributed by atoms with Crippen LogP contribution in [0.3, 0.4) is 0 Å². The molecule has 1 amide bonds. The Kier molecular flexibility index (Phi) is 4.83. The second-order valence-electron chi connectivity index (χ2n) is 3.83. The van der Waals surface area contributed by atoms with E-state index in [1.165, 1.54) is 13.1 Å². The van der Waals surface area contributed by atoms with Crippen LogP contribution in [0.4, 0.5) is 4.39 Å². The lowest BCUT2D eigenvalue weighted by Gasteiger charge is -2.24. The summed E-state index contributed by atoms with van der Waals surface area (Å²) in [5, 5.41) is 0. The monoisotopic (exact) mass is 253 g/mol. The topological polar surface area (TPSA) is 46.6 Å². The van der Waals surface area contributed by atoms with Crippen molar-refractivity contribution in [1.29, 1.82) is 0 Å². The van der Waals surface area contributed by atoms with Gasteiger partial charge in [-0.1, -0.05) is 18.2 Å². The number of carbonyl (C=O) groups excluding carboxylic acids is 2. The standard InChI is InChI=1S/C13H16FNO3/c1-4-18-13(17)12(16)15(3)9(2)10-7-5-6-8-11(10)14/h5-9H,4H2,1-3H3. The summed E-state index contributed by atoms with van der Waals surface area (Å²) in [5.74, 6) is -2.12. The molecular weight excluding hydrogens is 237 g/mol. The summed E-state index contributed by atoms with van der Waals surface area (Å²) in [6.45, 7) is 3.40. The van der Waals surface area contributed by atoms with Gasteiger partial charge in [0.05, 0.1) is 12.6 Å². The second kappa shape index (κ2) is 6.14. The Bertz CT molecular complexity index is 448. The smallest absolute Gasteiger partial charge is 0.397 e. The molecule has 1 rings (SSSR count). The van der Waals surface area contributed by atoms with Crippen molar-refractivity contribution in [3.05, 3.63) is 35.6 Å². The first-order valence-corrected chi connectivity index (χ1v) is 5.67. The fraction of sp³-hybridized carbons (Fsp3) is 0.385. The van der Waals surface area contributed by atoms with Crippen LogP contribution in [-0.4, -0.2) is 30.4 Å². The van der Waals surface area contributed by atoms with Crippen LogP contribution >= 0.6 is 0 Å². The van der Waals surface area contributed by atoms with Crippen LogP contribution in [0, 0.1) is 5.82 Å². The Morgan fingerprint density at radius 1 is 1.39 bits per heavy atom. The van der Waals surface area contributed by atoms with Gasteiger partial charge in [-0.2, -0.15) is 0 Å². The minimum absolute atomic E-state index is 0.131. The summed E-state index contributed by atoms with van der Waals surface area (Å²) in [5.41, 5.74) is 0.359. The molecule has 0 radical (unpaired) electrons. The van der Waals surface area contributed by atoms with E-state index in [-0.39, 0.29) is 6.61 Å². The van der Waals surface area contributed by atoms with E-state index in [0.29, 0.717) is 5.56 Å². The number of nitrogens with zero attached hydrogens (tertiary/aromatic N) is 1. The normalized spacial score (nSPS) is 11.8. The molecule has 1 atom stereocenters. The van der Waals surface area contributed by atoms with Gasteiger partial charge in [-0.05, 0) is 19.9 Å². The molecule has 1 aromatic rings. The number of hydrogen-bond donors (Lipinski definition) is 0. The van der Waals surface area contributed by atoms with Gasteiger partial charge in [0, 0.05) is 12.6 Å². The minimum Gasteiger partial charge on any atom is -0.459 e. The molecule has 0 aromatic heterocycles. The first-order chi connectivity index (χ1) is 8.49. The van der Waals surface area contributed by atoms with E-state index in [2.05, 4.69) is 4.74 Å². The molecular formula is C13H16FNO3. The van der Waals surface area contributed by atoms with Crippen LogP contribution in [0.25, 0.3) is 0 Å². The maximum absolute atomic E-state index is 13.6. The number of carbonyl (C=O) groups is 2. The van der Waals surface area contributed by atoms with E-state index in [0.717, 1.165) is 4.90 Å². The number of likely N-dealkylation sites (N-methyl/N-ethyl adjacent to an activating group) is 1. The van der Waals surface area contributed by atoms with Crippen LogP contribution in [0.5, 0.6) is 0 Å². The van der Waals surface area contributed by atoms with Crippen LogP contribution in [0.1, 0.15) is 25.5 Å². The average molecular weight is 253 g/mol. The third-order valence-electron chi connectivity index (χ3n) is 2.71. The molecule has 5 heteroatoms. The number of benzene rings is 1. The minimum atomic E-state index is -0.928. The Morgan fingerprint density at radius 2 is 2.00 bits per heavy atom. The maximum atomic E-state index is 13.6. The molecule has 0 aliphatic heterocycles. The molecule has 0 aliphatic rings. The van der Waals surface area contributed by atoms with Crippen molar-refractivity contribution in [3.8, 4) is 0 Å². The fourth-order valence-corrected chi connectivity index (χ4v) is 1.54. The van der Waals surface area contributed by atoms with E-state index >= 15 is 0 Å². The number of hydrogen-bond acceptors (Lipinski definition) is 3. The van der Waals surface area contributed by atoms with Gasteiger partial charge < -0.3 is 9.64 Å². The summed E-state index contributed by atoms with van der Waals surface area (Å²) in [4.78, 5) is 24.1. The van der Waals surface area contributed by atoms with Crippen molar-refractivity contribution < 1.29 is 18.7 Å². The molecule has 0 fully saturated rings. The third kappa shape index (κ3) is 3.06. The molecule has 1 unspecified atom stereocenters. The van der Waals surface area contributed by atoms with Gasteiger partial charge in [0.15, 0.2) is 0 Å². The summed E-state index contributed by atoms with van der Waals surface area (Å²) in [6, 6.07) is 5.60. The number of rotatable bonds is 3. The molecule has 0 N–H and O–H groups in total. The van der Waals surface area contributed by atoms with Gasteiger partial charge in [-0.25, -0.2) is 9.18 Å². The van der Waals surface area contributed by atoms with E-state index in [9.17, 15) is 14.0 Å². The zero-order chi connectivity index (χ0) is 13.7. The van der Waals surface area contributed by atoms with E-state index in [4.69, 9.17) is 0 Å². The summed E-state index contributed by atoms with van der Waals surface area (Å²) in [7, 11) is 1.44. The number of amides is 1. The Morgan fingerprint density at radius 3 is 2.56 bits per heavy atom.